The highest BCUT2D eigenvalue weighted by molar-refractivity contribution is 7.99. The molecule has 3 rings (SSSR count). The summed E-state index contributed by atoms with van der Waals surface area (Å²) in [6, 6.07) is 12.9. The lowest BCUT2D eigenvalue weighted by Crippen LogP contribution is -2.32. The number of carbonyl (C=O) groups is 1. The summed E-state index contributed by atoms with van der Waals surface area (Å²) in [5, 5.41) is 3.72. The van der Waals surface area contributed by atoms with Crippen molar-refractivity contribution in [3.8, 4) is 5.75 Å². The molecule has 0 aliphatic carbocycles. The monoisotopic (exact) mass is 410 g/mol. The minimum absolute atomic E-state index is 0.0917. The Balaban J connectivity index is 1.51. The van der Waals surface area contributed by atoms with E-state index in [-0.39, 0.29) is 12.5 Å². The molecule has 26 heavy (non-hydrogen) atoms. The Bertz CT molecular complexity index is 767. The van der Waals surface area contributed by atoms with E-state index in [0.29, 0.717) is 15.8 Å². The molecule has 0 aromatic heterocycles. The fraction of sp³-hybridized carbons (Fsp3) is 0.316. The van der Waals surface area contributed by atoms with Crippen LogP contribution in [-0.2, 0) is 11.3 Å². The Labute approximate surface area is 167 Å². The van der Waals surface area contributed by atoms with Gasteiger partial charge in [-0.05, 0) is 29.8 Å². The largest absolute Gasteiger partial charge is 0.484 e. The summed E-state index contributed by atoms with van der Waals surface area (Å²) in [7, 11) is 0. The topological polar surface area (TPSA) is 41.6 Å². The van der Waals surface area contributed by atoms with Crippen molar-refractivity contribution >= 4 is 46.6 Å². The maximum Gasteiger partial charge on any atom is 0.262 e. The zero-order valence-electron chi connectivity index (χ0n) is 14.2. The van der Waals surface area contributed by atoms with Crippen molar-refractivity contribution in [2.45, 2.75) is 6.54 Å². The molecule has 138 valence electrons. The highest BCUT2D eigenvalue weighted by Crippen LogP contribution is 2.26. The summed E-state index contributed by atoms with van der Waals surface area (Å²) in [6.07, 6.45) is 0. The lowest BCUT2D eigenvalue weighted by Gasteiger charge is -2.26. The molecule has 0 bridgehead atoms. The number of ether oxygens (including phenoxy) is 1. The zero-order chi connectivity index (χ0) is 18.4. The van der Waals surface area contributed by atoms with E-state index in [2.05, 4.69) is 16.3 Å². The molecule has 1 fully saturated rings. The van der Waals surface area contributed by atoms with Gasteiger partial charge in [-0.2, -0.15) is 11.8 Å². The number of amides is 1. The van der Waals surface area contributed by atoms with E-state index in [1.807, 2.05) is 30.0 Å². The lowest BCUT2D eigenvalue weighted by molar-refractivity contribution is -0.118. The SMILES string of the molecule is O=C(COc1ccc(Cl)c(Cl)c1)Nc1cccc(CN2CCSCC2)c1. The van der Waals surface area contributed by atoms with Crippen molar-refractivity contribution in [2.24, 2.45) is 0 Å². The molecule has 7 heteroatoms. The number of nitrogens with zero attached hydrogens (tertiary/aromatic N) is 1. The fourth-order valence-corrected chi connectivity index (χ4v) is 3.94. The van der Waals surface area contributed by atoms with Gasteiger partial charge in [-0.3, -0.25) is 9.69 Å². The third kappa shape index (κ3) is 5.81. The smallest absolute Gasteiger partial charge is 0.262 e. The fourth-order valence-electron chi connectivity index (χ4n) is 2.68. The quantitative estimate of drug-likeness (QED) is 0.757. The third-order valence-electron chi connectivity index (χ3n) is 3.98. The van der Waals surface area contributed by atoms with Crippen LogP contribution in [0.2, 0.25) is 10.0 Å². The molecule has 1 amide bonds. The van der Waals surface area contributed by atoms with Crippen LogP contribution < -0.4 is 10.1 Å². The van der Waals surface area contributed by atoms with E-state index >= 15 is 0 Å². The molecule has 1 saturated heterocycles. The van der Waals surface area contributed by atoms with E-state index in [9.17, 15) is 4.79 Å². The summed E-state index contributed by atoms with van der Waals surface area (Å²) >= 11 is 13.8. The molecule has 2 aromatic carbocycles. The first-order chi connectivity index (χ1) is 12.6. The van der Waals surface area contributed by atoms with Crippen LogP contribution in [0.25, 0.3) is 0 Å². The summed E-state index contributed by atoms with van der Waals surface area (Å²) in [4.78, 5) is 14.6. The Morgan fingerprint density at radius 2 is 1.92 bits per heavy atom. The molecule has 1 aliphatic heterocycles. The molecule has 1 N–H and O–H groups in total. The normalized spacial score (nSPS) is 14.8. The van der Waals surface area contributed by atoms with Gasteiger partial charge in [0.15, 0.2) is 6.61 Å². The first-order valence-electron chi connectivity index (χ1n) is 8.37. The van der Waals surface area contributed by atoms with Crippen LogP contribution in [0.15, 0.2) is 42.5 Å². The van der Waals surface area contributed by atoms with Crippen LogP contribution in [-0.4, -0.2) is 42.0 Å². The van der Waals surface area contributed by atoms with Crippen molar-refractivity contribution < 1.29 is 9.53 Å². The standard InChI is InChI=1S/C19H20Cl2N2O2S/c20-17-5-4-16(11-18(17)21)25-13-19(24)22-15-3-1-2-14(10-15)12-23-6-8-26-9-7-23/h1-5,10-11H,6-9,12-13H2,(H,22,24). The van der Waals surface area contributed by atoms with Crippen molar-refractivity contribution in [1.29, 1.82) is 0 Å². The second-order valence-corrected chi connectivity index (χ2v) is 8.04. The van der Waals surface area contributed by atoms with Crippen LogP contribution in [0.5, 0.6) is 5.75 Å². The Morgan fingerprint density at radius 1 is 1.12 bits per heavy atom. The number of rotatable bonds is 6. The van der Waals surface area contributed by atoms with Gasteiger partial charge in [-0.15, -0.1) is 0 Å². The molecular formula is C19H20Cl2N2O2S. The van der Waals surface area contributed by atoms with Crippen LogP contribution in [0.1, 0.15) is 5.56 Å². The first kappa shape index (κ1) is 19.4. The van der Waals surface area contributed by atoms with E-state index in [0.717, 1.165) is 25.3 Å². The third-order valence-corrected chi connectivity index (χ3v) is 5.66. The Hall–Kier alpha value is -1.40. The number of nitrogens with one attached hydrogen (secondary N) is 1. The number of thioether (sulfide) groups is 1. The minimum Gasteiger partial charge on any atom is -0.484 e. The van der Waals surface area contributed by atoms with Gasteiger partial charge in [0.25, 0.3) is 5.91 Å². The molecule has 0 unspecified atom stereocenters. The van der Waals surface area contributed by atoms with Crippen molar-refractivity contribution in [2.75, 3.05) is 36.5 Å². The van der Waals surface area contributed by atoms with Crippen LogP contribution >= 0.6 is 35.0 Å². The van der Waals surface area contributed by atoms with Crippen molar-refractivity contribution in [3.05, 3.63) is 58.1 Å². The Morgan fingerprint density at radius 3 is 2.69 bits per heavy atom. The van der Waals surface area contributed by atoms with Gasteiger partial charge in [0.1, 0.15) is 5.75 Å². The molecule has 0 spiro atoms. The summed E-state index contributed by atoms with van der Waals surface area (Å²) in [5.41, 5.74) is 1.97. The van der Waals surface area contributed by atoms with Crippen LogP contribution in [0.4, 0.5) is 5.69 Å². The zero-order valence-corrected chi connectivity index (χ0v) is 16.5. The summed E-state index contributed by atoms with van der Waals surface area (Å²) in [6.45, 7) is 3.03. The molecule has 2 aromatic rings. The van der Waals surface area contributed by atoms with Crippen molar-refractivity contribution in [1.82, 2.24) is 4.90 Å². The highest BCUT2D eigenvalue weighted by atomic mass is 35.5. The molecule has 4 nitrogen and oxygen atoms in total. The molecule has 0 atom stereocenters. The first-order valence-corrected chi connectivity index (χ1v) is 10.3. The number of benzene rings is 2. The lowest BCUT2D eigenvalue weighted by atomic mass is 10.2. The molecule has 1 heterocycles. The highest BCUT2D eigenvalue weighted by Gasteiger charge is 2.11. The van der Waals surface area contributed by atoms with E-state index in [1.54, 1.807) is 18.2 Å². The van der Waals surface area contributed by atoms with E-state index in [4.69, 9.17) is 27.9 Å². The van der Waals surface area contributed by atoms with Crippen LogP contribution in [0.3, 0.4) is 0 Å². The van der Waals surface area contributed by atoms with Gasteiger partial charge < -0.3 is 10.1 Å². The second kappa shape index (κ2) is 9.51. The van der Waals surface area contributed by atoms with Gasteiger partial charge in [0.2, 0.25) is 0 Å². The number of carbonyl (C=O) groups excluding carboxylic acids is 1. The Kier molecular flexibility index (Phi) is 7.08. The predicted molar refractivity (Wildman–Crippen MR) is 110 cm³/mol. The maximum absolute atomic E-state index is 12.1. The average Bonchev–Trinajstić information content (AvgIpc) is 2.64. The summed E-state index contributed by atoms with van der Waals surface area (Å²) < 4.78 is 5.46. The average molecular weight is 411 g/mol. The molecular weight excluding hydrogens is 391 g/mol. The molecule has 0 radical (unpaired) electrons. The van der Waals surface area contributed by atoms with Gasteiger partial charge in [-0.25, -0.2) is 0 Å². The van der Waals surface area contributed by atoms with Gasteiger partial charge in [0, 0.05) is 42.9 Å². The minimum atomic E-state index is -0.220. The van der Waals surface area contributed by atoms with Crippen molar-refractivity contribution in [3.63, 3.8) is 0 Å². The van der Waals surface area contributed by atoms with Gasteiger partial charge in [-0.1, -0.05) is 35.3 Å². The predicted octanol–water partition coefficient (Wildman–Crippen LogP) is 4.56. The molecule has 1 aliphatic rings. The second-order valence-electron chi connectivity index (χ2n) is 6.00. The van der Waals surface area contributed by atoms with E-state index in [1.165, 1.54) is 17.1 Å². The number of halogens is 2. The number of hydrogen-bond donors (Lipinski definition) is 1. The number of hydrogen-bond acceptors (Lipinski definition) is 4. The van der Waals surface area contributed by atoms with Gasteiger partial charge >= 0.3 is 0 Å². The summed E-state index contributed by atoms with van der Waals surface area (Å²) in [5.74, 6) is 2.65. The molecule has 0 saturated carbocycles. The van der Waals surface area contributed by atoms with Crippen LogP contribution in [0, 0.1) is 0 Å². The maximum atomic E-state index is 12.1. The van der Waals surface area contributed by atoms with E-state index < -0.39 is 0 Å². The number of anilines is 1. The van der Waals surface area contributed by atoms with Gasteiger partial charge in [0.05, 0.1) is 10.0 Å².